The van der Waals surface area contributed by atoms with E-state index in [4.69, 9.17) is 9.05 Å². The Morgan fingerprint density at radius 2 is 0.887 bits per heavy atom. The summed E-state index contributed by atoms with van der Waals surface area (Å²) in [5, 5.41) is 14.0. The first-order valence-corrected chi connectivity index (χ1v) is 28.5. The molecule has 0 aliphatic rings. The molecule has 0 aliphatic heterocycles. The van der Waals surface area contributed by atoms with E-state index in [0.29, 0.717) is 23.9 Å². The van der Waals surface area contributed by atoms with Gasteiger partial charge >= 0.3 is 0 Å². The lowest BCUT2D eigenvalue weighted by Crippen LogP contribution is -2.46. The number of carbonyl (C=O) groups excluding carboxylic acids is 1. The molecule has 0 fully saturated rings. The Morgan fingerprint density at radius 1 is 0.548 bits per heavy atom. The van der Waals surface area contributed by atoms with E-state index in [-0.39, 0.29) is 19.1 Å². The first-order valence-electron chi connectivity index (χ1n) is 27.0. The molecule has 8 nitrogen and oxygen atoms in total. The van der Waals surface area contributed by atoms with Gasteiger partial charge in [-0.15, -0.1) is 0 Å². The highest BCUT2D eigenvalue weighted by atomic mass is 31.2. The number of nitrogens with zero attached hydrogens (tertiary/aromatic N) is 1. The summed E-state index contributed by atoms with van der Waals surface area (Å²) in [6.07, 6.45) is 53.7. The van der Waals surface area contributed by atoms with Gasteiger partial charge in [-0.3, -0.25) is 9.36 Å². The third kappa shape index (κ3) is 47.2. The Morgan fingerprint density at radius 3 is 1.26 bits per heavy atom. The molecule has 3 unspecified atom stereocenters. The standard InChI is InChI=1S/C53H107N2O6P/c1-6-8-10-12-14-16-18-20-22-24-26-28-30-32-34-36-38-40-42-44-46-52(56)51(50-61-62(58,59)60-49-48-55(3,4)5)54-53(57)47-45-43-41-39-37-35-33-31-29-27-25-23-21-19-17-15-13-11-9-7-2/h27,29,51-52,56H,6-26,28,30-50H2,1-5H3,(H-,54,57,58,59)/b29-27-. The Kier molecular flexibility index (Phi) is 44.8. The fourth-order valence-corrected chi connectivity index (χ4v) is 8.94. The number of aliphatic hydroxyl groups excluding tert-OH is 1. The van der Waals surface area contributed by atoms with Gasteiger partial charge in [0.25, 0.3) is 7.82 Å². The predicted octanol–water partition coefficient (Wildman–Crippen LogP) is 15.2. The summed E-state index contributed by atoms with van der Waals surface area (Å²) in [7, 11) is 1.31. The molecule has 0 rings (SSSR count). The van der Waals surface area contributed by atoms with Crippen LogP contribution in [-0.4, -0.2) is 68.5 Å². The normalized spacial score (nSPS) is 14.1. The monoisotopic (exact) mass is 899 g/mol. The van der Waals surface area contributed by atoms with Gasteiger partial charge in [0.2, 0.25) is 5.91 Å². The van der Waals surface area contributed by atoms with Crippen molar-refractivity contribution in [2.75, 3.05) is 40.9 Å². The Labute approximate surface area is 386 Å². The maximum absolute atomic E-state index is 12.9. The fourth-order valence-electron chi connectivity index (χ4n) is 8.21. The van der Waals surface area contributed by atoms with Crippen LogP contribution < -0.4 is 10.2 Å². The predicted molar refractivity (Wildman–Crippen MR) is 266 cm³/mol. The molecule has 0 aromatic rings. The minimum absolute atomic E-state index is 0.0136. The van der Waals surface area contributed by atoms with Gasteiger partial charge < -0.3 is 28.8 Å². The van der Waals surface area contributed by atoms with Gasteiger partial charge in [-0.05, 0) is 38.5 Å². The van der Waals surface area contributed by atoms with E-state index in [1.165, 1.54) is 205 Å². The number of hydrogen-bond donors (Lipinski definition) is 2. The highest BCUT2D eigenvalue weighted by Gasteiger charge is 2.24. The molecule has 1 amide bonds. The van der Waals surface area contributed by atoms with Gasteiger partial charge in [0, 0.05) is 6.42 Å². The average Bonchev–Trinajstić information content (AvgIpc) is 3.23. The van der Waals surface area contributed by atoms with Crippen molar-refractivity contribution in [1.82, 2.24) is 5.32 Å². The molecule has 0 heterocycles. The van der Waals surface area contributed by atoms with E-state index in [2.05, 4.69) is 31.3 Å². The summed E-state index contributed by atoms with van der Waals surface area (Å²) in [5.74, 6) is -0.165. The number of phosphoric acid groups is 1. The topological polar surface area (TPSA) is 108 Å². The summed E-state index contributed by atoms with van der Waals surface area (Å²) in [4.78, 5) is 25.5. The van der Waals surface area contributed by atoms with Crippen molar-refractivity contribution in [3.63, 3.8) is 0 Å². The number of quaternary nitrogens is 1. The SMILES string of the molecule is CCCCCCCCCCC/C=C\CCCCCCCCCC(=O)NC(COP(=O)([O-])OCC[N+](C)(C)C)C(O)CCCCCCCCCCCCCCCCCCCCCC. The smallest absolute Gasteiger partial charge is 0.268 e. The number of likely N-dealkylation sites (N-methyl/N-ethyl adjacent to an activating group) is 1. The Bertz CT molecular complexity index is 1020. The van der Waals surface area contributed by atoms with Crippen molar-refractivity contribution in [3.8, 4) is 0 Å². The number of amides is 1. The lowest BCUT2D eigenvalue weighted by atomic mass is 10.0. The fraction of sp³-hybridized carbons (Fsp3) is 0.943. The minimum atomic E-state index is -4.57. The maximum Gasteiger partial charge on any atom is 0.268 e. The Hall–Kier alpha value is -0.760. The first-order chi connectivity index (χ1) is 30.0. The number of rotatable bonds is 50. The van der Waals surface area contributed by atoms with E-state index in [0.717, 1.165) is 38.5 Å². The summed E-state index contributed by atoms with van der Waals surface area (Å²) in [5.41, 5.74) is 0. The lowest BCUT2D eigenvalue weighted by Gasteiger charge is -2.30. The molecule has 0 bridgehead atoms. The molecule has 370 valence electrons. The maximum atomic E-state index is 12.9. The third-order valence-corrected chi connectivity index (χ3v) is 13.5. The summed E-state index contributed by atoms with van der Waals surface area (Å²) >= 11 is 0. The van der Waals surface area contributed by atoms with Crippen molar-refractivity contribution in [3.05, 3.63) is 12.2 Å². The molecular weight excluding hydrogens is 792 g/mol. The molecule has 0 aromatic carbocycles. The van der Waals surface area contributed by atoms with Crippen LogP contribution in [0.1, 0.15) is 271 Å². The van der Waals surface area contributed by atoms with Gasteiger partial charge in [0.05, 0.1) is 39.9 Å². The lowest BCUT2D eigenvalue weighted by molar-refractivity contribution is -0.870. The molecule has 62 heavy (non-hydrogen) atoms. The minimum Gasteiger partial charge on any atom is -0.756 e. The zero-order valence-electron chi connectivity index (χ0n) is 42.1. The highest BCUT2D eigenvalue weighted by molar-refractivity contribution is 7.45. The highest BCUT2D eigenvalue weighted by Crippen LogP contribution is 2.38. The van der Waals surface area contributed by atoms with Crippen molar-refractivity contribution in [2.45, 2.75) is 283 Å². The van der Waals surface area contributed by atoms with E-state index in [9.17, 15) is 19.4 Å². The molecule has 9 heteroatoms. The second-order valence-corrected chi connectivity index (χ2v) is 21.4. The number of phosphoric ester groups is 1. The van der Waals surface area contributed by atoms with Crippen LogP contribution >= 0.6 is 7.82 Å². The van der Waals surface area contributed by atoms with Crippen LogP contribution in [-0.2, 0) is 18.4 Å². The third-order valence-electron chi connectivity index (χ3n) is 12.5. The van der Waals surface area contributed by atoms with Crippen molar-refractivity contribution in [1.29, 1.82) is 0 Å². The van der Waals surface area contributed by atoms with Crippen LogP contribution in [0.5, 0.6) is 0 Å². The van der Waals surface area contributed by atoms with Gasteiger partial charge in [-0.2, -0.15) is 0 Å². The molecule has 0 saturated carbocycles. The van der Waals surface area contributed by atoms with Crippen LogP contribution in [0.4, 0.5) is 0 Å². The van der Waals surface area contributed by atoms with Gasteiger partial charge in [0.15, 0.2) is 0 Å². The second kappa shape index (κ2) is 45.4. The second-order valence-electron chi connectivity index (χ2n) is 19.9. The van der Waals surface area contributed by atoms with Crippen LogP contribution in [0, 0.1) is 0 Å². The molecular formula is C53H107N2O6P. The van der Waals surface area contributed by atoms with E-state index < -0.39 is 20.0 Å². The number of hydrogen-bond acceptors (Lipinski definition) is 6. The Balaban J connectivity index is 4.22. The molecule has 0 spiro atoms. The van der Waals surface area contributed by atoms with E-state index >= 15 is 0 Å². The molecule has 0 aliphatic carbocycles. The van der Waals surface area contributed by atoms with Gasteiger partial charge in [0.1, 0.15) is 13.2 Å². The summed E-state index contributed by atoms with van der Waals surface area (Å²) < 4.78 is 23.4. The van der Waals surface area contributed by atoms with Crippen LogP contribution in [0.3, 0.4) is 0 Å². The van der Waals surface area contributed by atoms with Crippen molar-refractivity contribution < 1.29 is 32.9 Å². The zero-order valence-corrected chi connectivity index (χ0v) is 43.0. The molecule has 3 atom stereocenters. The first kappa shape index (κ1) is 61.2. The number of unbranched alkanes of at least 4 members (excludes halogenated alkanes) is 35. The number of nitrogens with one attached hydrogen (secondary N) is 1. The number of aliphatic hydroxyl groups is 1. The largest absolute Gasteiger partial charge is 0.756 e. The number of allylic oxidation sites excluding steroid dienone is 2. The summed E-state index contributed by atoms with van der Waals surface area (Å²) in [6, 6.07) is -0.800. The van der Waals surface area contributed by atoms with Gasteiger partial charge in [-0.25, -0.2) is 0 Å². The number of carbonyl (C=O) groups is 1. The van der Waals surface area contributed by atoms with Crippen LogP contribution in [0.25, 0.3) is 0 Å². The van der Waals surface area contributed by atoms with E-state index in [1.54, 1.807) is 0 Å². The van der Waals surface area contributed by atoms with Gasteiger partial charge in [-0.1, -0.05) is 238 Å². The van der Waals surface area contributed by atoms with Crippen LogP contribution in [0.2, 0.25) is 0 Å². The van der Waals surface area contributed by atoms with Crippen molar-refractivity contribution >= 4 is 13.7 Å². The van der Waals surface area contributed by atoms with Crippen LogP contribution in [0.15, 0.2) is 12.2 Å². The van der Waals surface area contributed by atoms with Crippen molar-refractivity contribution in [2.24, 2.45) is 0 Å². The van der Waals surface area contributed by atoms with E-state index in [1.807, 2.05) is 21.1 Å². The zero-order chi connectivity index (χ0) is 45.7. The summed E-state index contributed by atoms with van der Waals surface area (Å²) in [6.45, 7) is 4.76. The average molecular weight is 899 g/mol. The molecule has 2 N–H and O–H groups in total. The quantitative estimate of drug-likeness (QED) is 0.0272. The molecule has 0 radical (unpaired) electrons. The molecule has 0 saturated heterocycles. The molecule has 0 aromatic heterocycles.